The maximum absolute atomic E-state index is 11.9. The number of esters is 1. The van der Waals surface area contributed by atoms with Crippen LogP contribution in [-0.4, -0.2) is 17.2 Å². The Morgan fingerprint density at radius 3 is 2.26 bits per heavy atom. The number of hydrogen-bond donors (Lipinski definition) is 2. The molecule has 0 atom stereocenters. The van der Waals surface area contributed by atoms with Crippen LogP contribution >= 0.6 is 0 Å². The average molecular weight is 257 g/mol. The molecule has 0 unspecified atom stereocenters. The molecule has 0 radical (unpaired) electrons. The monoisotopic (exact) mass is 257 g/mol. The number of carbonyl (C=O) groups is 2. The van der Waals surface area contributed by atoms with Crippen molar-refractivity contribution in [2.75, 3.05) is 5.32 Å². The molecule has 2 N–H and O–H groups in total. The van der Waals surface area contributed by atoms with Crippen LogP contribution in [0.4, 0.5) is 10.5 Å². The number of amides is 1. The Labute approximate surface area is 109 Å². The molecule has 0 aliphatic heterocycles. The highest BCUT2D eigenvalue weighted by molar-refractivity contribution is 5.93. The molecule has 0 saturated carbocycles. The smallest absolute Gasteiger partial charge is 0.409 e. The lowest BCUT2D eigenvalue weighted by Gasteiger charge is -2.09. The van der Waals surface area contributed by atoms with Crippen molar-refractivity contribution >= 4 is 17.7 Å². The van der Waals surface area contributed by atoms with Crippen molar-refractivity contribution in [3.8, 4) is 5.75 Å². The first-order chi connectivity index (χ1) is 9.16. The Hall–Kier alpha value is -2.82. The molecule has 1 amide bonds. The van der Waals surface area contributed by atoms with Gasteiger partial charge in [0.15, 0.2) is 5.75 Å². The first-order valence-corrected chi connectivity index (χ1v) is 5.53. The Kier molecular flexibility index (Phi) is 3.78. The van der Waals surface area contributed by atoms with E-state index in [4.69, 9.17) is 9.84 Å². The normalized spacial score (nSPS) is 9.68. The SMILES string of the molecule is O=C(O)Nc1ccccc1OC(=O)c1ccccc1. The fourth-order valence-electron chi connectivity index (χ4n) is 1.51. The van der Waals surface area contributed by atoms with Crippen molar-refractivity contribution in [3.05, 3.63) is 60.2 Å². The zero-order valence-corrected chi connectivity index (χ0v) is 9.87. The Morgan fingerprint density at radius 1 is 0.947 bits per heavy atom. The molecule has 0 fully saturated rings. The van der Waals surface area contributed by atoms with Gasteiger partial charge in [0, 0.05) is 0 Å². The fraction of sp³-hybridized carbons (Fsp3) is 0. The summed E-state index contributed by atoms with van der Waals surface area (Å²) < 4.78 is 5.17. The number of nitrogens with one attached hydrogen (secondary N) is 1. The molecule has 2 aromatic rings. The van der Waals surface area contributed by atoms with Crippen LogP contribution in [0.25, 0.3) is 0 Å². The van der Waals surface area contributed by atoms with E-state index in [9.17, 15) is 9.59 Å². The minimum absolute atomic E-state index is 0.166. The summed E-state index contributed by atoms with van der Waals surface area (Å²) in [4.78, 5) is 22.5. The Balaban J connectivity index is 2.19. The topological polar surface area (TPSA) is 75.6 Å². The van der Waals surface area contributed by atoms with Crippen molar-refractivity contribution in [1.29, 1.82) is 0 Å². The summed E-state index contributed by atoms with van der Waals surface area (Å²) >= 11 is 0. The molecule has 2 rings (SSSR count). The highest BCUT2D eigenvalue weighted by Gasteiger charge is 2.12. The molecule has 5 nitrogen and oxygen atoms in total. The molecule has 5 heteroatoms. The summed E-state index contributed by atoms with van der Waals surface area (Å²) in [6.07, 6.45) is -1.22. The summed E-state index contributed by atoms with van der Waals surface area (Å²) in [7, 11) is 0. The number of ether oxygens (including phenoxy) is 1. The van der Waals surface area contributed by atoms with Crippen LogP contribution in [0.1, 0.15) is 10.4 Å². The van der Waals surface area contributed by atoms with Gasteiger partial charge in [0.1, 0.15) is 0 Å². The van der Waals surface area contributed by atoms with Crippen LogP contribution in [0.5, 0.6) is 5.75 Å². The summed E-state index contributed by atoms with van der Waals surface area (Å²) in [6, 6.07) is 14.8. The van der Waals surface area contributed by atoms with Crippen LogP contribution in [0.2, 0.25) is 0 Å². The molecule has 0 saturated heterocycles. The van der Waals surface area contributed by atoms with Gasteiger partial charge < -0.3 is 9.84 Å². The summed E-state index contributed by atoms with van der Waals surface area (Å²) in [5, 5.41) is 10.9. The largest absolute Gasteiger partial charge is 0.465 e. The highest BCUT2D eigenvalue weighted by atomic mass is 16.5. The van der Waals surface area contributed by atoms with Gasteiger partial charge in [0.05, 0.1) is 11.3 Å². The lowest BCUT2D eigenvalue weighted by molar-refractivity contribution is 0.0735. The highest BCUT2D eigenvalue weighted by Crippen LogP contribution is 2.24. The summed E-state index contributed by atoms with van der Waals surface area (Å²) in [5.74, 6) is -0.376. The van der Waals surface area contributed by atoms with Crippen LogP contribution in [0.15, 0.2) is 54.6 Å². The van der Waals surface area contributed by atoms with E-state index in [-0.39, 0.29) is 11.4 Å². The van der Waals surface area contributed by atoms with Crippen molar-refractivity contribution in [2.45, 2.75) is 0 Å². The predicted molar refractivity (Wildman–Crippen MR) is 69.5 cm³/mol. The van der Waals surface area contributed by atoms with Gasteiger partial charge in [-0.25, -0.2) is 9.59 Å². The number of anilines is 1. The third-order valence-electron chi connectivity index (χ3n) is 2.34. The minimum atomic E-state index is -1.22. The summed E-state index contributed by atoms with van der Waals surface area (Å²) in [5.41, 5.74) is 0.618. The van der Waals surface area contributed by atoms with Gasteiger partial charge >= 0.3 is 12.1 Å². The van der Waals surface area contributed by atoms with Crippen LogP contribution < -0.4 is 10.1 Å². The van der Waals surface area contributed by atoms with Gasteiger partial charge in [-0.3, -0.25) is 5.32 Å². The number of para-hydroxylation sites is 2. The molecule has 96 valence electrons. The first kappa shape index (κ1) is 12.6. The van der Waals surface area contributed by atoms with E-state index in [1.54, 1.807) is 42.5 Å². The van der Waals surface area contributed by atoms with Crippen molar-refractivity contribution < 1.29 is 19.4 Å². The molecular formula is C14H11NO4. The van der Waals surface area contributed by atoms with Crippen molar-refractivity contribution in [1.82, 2.24) is 0 Å². The van der Waals surface area contributed by atoms with E-state index < -0.39 is 12.1 Å². The number of rotatable bonds is 3. The van der Waals surface area contributed by atoms with E-state index in [0.29, 0.717) is 5.56 Å². The van der Waals surface area contributed by atoms with E-state index in [2.05, 4.69) is 5.32 Å². The second-order valence-electron chi connectivity index (χ2n) is 3.68. The second-order valence-corrected chi connectivity index (χ2v) is 3.68. The number of carboxylic acid groups (broad SMARTS) is 1. The number of carbonyl (C=O) groups excluding carboxylic acids is 1. The standard InChI is InChI=1S/C14H11NO4/c16-13(10-6-2-1-3-7-10)19-12-9-5-4-8-11(12)15-14(17)18/h1-9,15H,(H,17,18). The maximum atomic E-state index is 11.9. The molecule has 0 aliphatic carbocycles. The quantitative estimate of drug-likeness (QED) is 0.654. The van der Waals surface area contributed by atoms with Crippen molar-refractivity contribution in [3.63, 3.8) is 0 Å². The molecule has 0 bridgehead atoms. The number of benzene rings is 2. The zero-order valence-electron chi connectivity index (χ0n) is 9.87. The van der Waals surface area contributed by atoms with Crippen LogP contribution in [0.3, 0.4) is 0 Å². The van der Waals surface area contributed by atoms with Gasteiger partial charge in [-0.05, 0) is 24.3 Å². The minimum Gasteiger partial charge on any atom is -0.465 e. The maximum Gasteiger partial charge on any atom is 0.409 e. The van der Waals surface area contributed by atoms with Crippen LogP contribution in [0, 0.1) is 0 Å². The Morgan fingerprint density at radius 2 is 1.58 bits per heavy atom. The molecule has 0 spiro atoms. The zero-order chi connectivity index (χ0) is 13.7. The van der Waals surface area contributed by atoms with E-state index in [1.165, 1.54) is 12.1 Å². The van der Waals surface area contributed by atoms with Crippen molar-refractivity contribution in [2.24, 2.45) is 0 Å². The average Bonchev–Trinajstić information content (AvgIpc) is 2.41. The first-order valence-electron chi connectivity index (χ1n) is 5.53. The van der Waals surface area contributed by atoms with Crippen LogP contribution in [-0.2, 0) is 0 Å². The lowest BCUT2D eigenvalue weighted by Crippen LogP contribution is -2.12. The van der Waals surface area contributed by atoms with Gasteiger partial charge in [-0.15, -0.1) is 0 Å². The van der Waals surface area contributed by atoms with E-state index >= 15 is 0 Å². The van der Waals surface area contributed by atoms with Gasteiger partial charge in [0.25, 0.3) is 0 Å². The molecule has 2 aromatic carbocycles. The van der Waals surface area contributed by atoms with Gasteiger partial charge in [0.2, 0.25) is 0 Å². The Bertz CT molecular complexity index is 595. The number of hydrogen-bond acceptors (Lipinski definition) is 3. The fourth-order valence-corrected chi connectivity index (χ4v) is 1.51. The van der Waals surface area contributed by atoms with E-state index in [0.717, 1.165) is 0 Å². The summed E-state index contributed by atoms with van der Waals surface area (Å²) in [6.45, 7) is 0. The predicted octanol–water partition coefficient (Wildman–Crippen LogP) is 3.00. The molecule has 0 heterocycles. The molecule has 0 aliphatic rings. The van der Waals surface area contributed by atoms with Gasteiger partial charge in [-0.2, -0.15) is 0 Å². The third kappa shape index (κ3) is 3.32. The molecule has 19 heavy (non-hydrogen) atoms. The van der Waals surface area contributed by atoms with Gasteiger partial charge in [-0.1, -0.05) is 30.3 Å². The third-order valence-corrected chi connectivity index (χ3v) is 2.34. The molecular weight excluding hydrogens is 246 g/mol. The van der Waals surface area contributed by atoms with E-state index in [1.807, 2.05) is 0 Å². The lowest BCUT2D eigenvalue weighted by atomic mass is 10.2. The second kappa shape index (κ2) is 5.68. The molecule has 0 aromatic heterocycles.